The van der Waals surface area contributed by atoms with Crippen molar-refractivity contribution in [2.75, 3.05) is 59.2 Å². The van der Waals surface area contributed by atoms with E-state index in [1.165, 1.54) is 17.7 Å². The lowest BCUT2D eigenvalue weighted by Gasteiger charge is -2.44. The molecule has 0 aromatic rings. The van der Waals surface area contributed by atoms with Crippen molar-refractivity contribution in [1.82, 2.24) is 14.1 Å². The molecule has 1 aliphatic carbocycles. The molecular formula is C20H33N3O5S. The number of nitrogens with zero attached hydrogens (tertiary/aromatic N) is 3. The monoisotopic (exact) mass is 427 g/mol. The summed E-state index contributed by atoms with van der Waals surface area (Å²) >= 11 is 0. The van der Waals surface area contributed by atoms with Gasteiger partial charge in [0.05, 0.1) is 11.7 Å². The Bertz CT molecular complexity index is 771. The highest BCUT2D eigenvalue weighted by molar-refractivity contribution is 7.88. The van der Waals surface area contributed by atoms with Crippen LogP contribution in [0.1, 0.15) is 38.5 Å². The van der Waals surface area contributed by atoms with Crippen LogP contribution in [0.3, 0.4) is 0 Å². The number of carbonyl (C=O) groups excluding carboxylic acids is 2. The van der Waals surface area contributed by atoms with Gasteiger partial charge >= 0.3 is 0 Å². The molecule has 0 radical (unpaired) electrons. The van der Waals surface area contributed by atoms with Crippen LogP contribution in [0, 0.1) is 16.7 Å². The molecule has 0 N–H and O–H groups in total. The fourth-order valence-corrected chi connectivity index (χ4v) is 7.26. The van der Waals surface area contributed by atoms with E-state index in [4.69, 9.17) is 4.74 Å². The summed E-state index contributed by atoms with van der Waals surface area (Å²) in [5, 5.41) is 0. The Labute approximate surface area is 173 Å². The molecule has 4 rings (SSSR count). The molecule has 4 aliphatic rings. The van der Waals surface area contributed by atoms with Gasteiger partial charge in [-0.3, -0.25) is 9.59 Å². The number of likely N-dealkylation sites (tertiary alicyclic amines) is 2. The van der Waals surface area contributed by atoms with E-state index in [1.807, 2.05) is 9.80 Å². The third kappa shape index (κ3) is 3.49. The number of ether oxygens (including phenoxy) is 1. The Balaban J connectivity index is 1.59. The smallest absolute Gasteiger partial charge is 0.248 e. The van der Waals surface area contributed by atoms with Crippen LogP contribution in [0.15, 0.2) is 0 Å². The topological polar surface area (TPSA) is 87.2 Å². The van der Waals surface area contributed by atoms with E-state index in [9.17, 15) is 18.0 Å². The lowest BCUT2D eigenvalue weighted by Crippen LogP contribution is -2.50. The number of hydrogen-bond acceptors (Lipinski definition) is 5. The first-order chi connectivity index (χ1) is 13.7. The number of amides is 2. The molecule has 0 aromatic carbocycles. The zero-order valence-corrected chi connectivity index (χ0v) is 18.4. The van der Waals surface area contributed by atoms with Crippen molar-refractivity contribution in [3.63, 3.8) is 0 Å². The minimum atomic E-state index is -3.35. The molecule has 0 unspecified atom stereocenters. The molecule has 3 heterocycles. The van der Waals surface area contributed by atoms with Gasteiger partial charge in [-0.05, 0) is 49.9 Å². The Morgan fingerprint density at radius 2 is 1.66 bits per heavy atom. The van der Waals surface area contributed by atoms with Crippen LogP contribution < -0.4 is 0 Å². The fourth-order valence-electron chi connectivity index (χ4n) is 6.37. The quantitative estimate of drug-likeness (QED) is 0.653. The molecule has 8 nitrogen and oxygen atoms in total. The van der Waals surface area contributed by atoms with Crippen molar-refractivity contribution in [2.24, 2.45) is 16.7 Å². The van der Waals surface area contributed by atoms with Crippen molar-refractivity contribution in [1.29, 1.82) is 0 Å². The molecular weight excluding hydrogens is 394 g/mol. The minimum Gasteiger partial charge on any atom is -0.375 e. The van der Waals surface area contributed by atoms with E-state index < -0.39 is 15.4 Å². The van der Waals surface area contributed by atoms with Crippen LogP contribution in [-0.4, -0.2) is 93.6 Å². The van der Waals surface area contributed by atoms with E-state index in [0.717, 1.165) is 51.6 Å². The molecule has 2 atom stereocenters. The zero-order valence-electron chi connectivity index (χ0n) is 17.6. The second-order valence-corrected chi connectivity index (χ2v) is 11.4. The van der Waals surface area contributed by atoms with Gasteiger partial charge in [0.2, 0.25) is 21.8 Å². The number of methoxy groups -OCH3 is 1. The molecule has 164 valence electrons. The summed E-state index contributed by atoms with van der Waals surface area (Å²) in [4.78, 5) is 29.7. The van der Waals surface area contributed by atoms with E-state index in [1.54, 1.807) is 0 Å². The number of carbonyl (C=O) groups is 2. The SMILES string of the molecule is COCC(=O)N1CCC2(CC1)CC[C@@]1(C(=O)N3CCCC3)CN(S(C)(=O)=O)C[C@@H]21. The van der Waals surface area contributed by atoms with Crippen molar-refractivity contribution >= 4 is 21.8 Å². The van der Waals surface area contributed by atoms with E-state index >= 15 is 0 Å². The number of fused-ring (bicyclic) bond motifs is 2. The average Bonchev–Trinajstić information content (AvgIpc) is 3.39. The molecule has 0 bridgehead atoms. The molecule has 29 heavy (non-hydrogen) atoms. The van der Waals surface area contributed by atoms with Gasteiger partial charge in [0.15, 0.2) is 0 Å². The second kappa shape index (κ2) is 7.50. The van der Waals surface area contributed by atoms with Crippen LogP contribution in [-0.2, 0) is 24.3 Å². The predicted octanol–water partition coefficient (Wildman–Crippen LogP) is 0.536. The summed E-state index contributed by atoms with van der Waals surface area (Å²) in [5.41, 5.74) is -0.648. The maximum absolute atomic E-state index is 13.6. The largest absolute Gasteiger partial charge is 0.375 e. The van der Waals surface area contributed by atoms with Gasteiger partial charge in [0, 0.05) is 46.4 Å². The third-order valence-corrected chi connectivity index (χ3v) is 9.20. The fraction of sp³-hybridized carbons (Fsp3) is 0.900. The maximum Gasteiger partial charge on any atom is 0.248 e. The highest BCUT2D eigenvalue weighted by Gasteiger charge is 2.66. The normalized spacial score (nSPS) is 32.1. The Morgan fingerprint density at radius 1 is 1.00 bits per heavy atom. The van der Waals surface area contributed by atoms with Crippen LogP contribution in [0.5, 0.6) is 0 Å². The lowest BCUT2D eigenvalue weighted by atomic mass is 9.65. The first-order valence-electron chi connectivity index (χ1n) is 10.7. The number of hydrogen-bond donors (Lipinski definition) is 0. The number of rotatable bonds is 4. The van der Waals surface area contributed by atoms with E-state index in [-0.39, 0.29) is 29.8 Å². The number of piperidine rings is 1. The van der Waals surface area contributed by atoms with Crippen molar-refractivity contribution in [3.05, 3.63) is 0 Å². The molecule has 9 heteroatoms. The summed E-state index contributed by atoms with van der Waals surface area (Å²) < 4.78 is 31.3. The van der Waals surface area contributed by atoms with Crippen LogP contribution in [0.25, 0.3) is 0 Å². The molecule has 1 saturated carbocycles. The Kier molecular flexibility index (Phi) is 5.44. The van der Waals surface area contributed by atoms with Crippen LogP contribution in [0.4, 0.5) is 0 Å². The summed E-state index contributed by atoms with van der Waals surface area (Å²) in [7, 11) is -1.82. The van der Waals surface area contributed by atoms with Crippen molar-refractivity contribution in [2.45, 2.75) is 38.5 Å². The molecule has 3 aliphatic heterocycles. The summed E-state index contributed by atoms with van der Waals surface area (Å²) in [6, 6.07) is 0. The van der Waals surface area contributed by atoms with Crippen LogP contribution in [0.2, 0.25) is 0 Å². The summed E-state index contributed by atoms with van der Waals surface area (Å²) in [5.74, 6) is 0.211. The van der Waals surface area contributed by atoms with Gasteiger partial charge < -0.3 is 14.5 Å². The molecule has 1 spiro atoms. The van der Waals surface area contributed by atoms with E-state index in [0.29, 0.717) is 26.2 Å². The van der Waals surface area contributed by atoms with Gasteiger partial charge in [-0.15, -0.1) is 0 Å². The van der Waals surface area contributed by atoms with E-state index in [2.05, 4.69) is 0 Å². The Hall–Kier alpha value is -1.19. The first-order valence-corrected chi connectivity index (χ1v) is 12.6. The van der Waals surface area contributed by atoms with Crippen LogP contribution >= 0.6 is 0 Å². The van der Waals surface area contributed by atoms with Crippen molar-refractivity contribution < 1.29 is 22.7 Å². The molecule has 2 amide bonds. The van der Waals surface area contributed by atoms with Crippen molar-refractivity contribution in [3.8, 4) is 0 Å². The molecule has 4 fully saturated rings. The highest BCUT2D eigenvalue weighted by atomic mass is 32.2. The Morgan fingerprint density at radius 3 is 2.24 bits per heavy atom. The predicted molar refractivity (Wildman–Crippen MR) is 108 cm³/mol. The van der Waals surface area contributed by atoms with Gasteiger partial charge in [0.1, 0.15) is 6.61 Å². The van der Waals surface area contributed by atoms with Gasteiger partial charge in [0.25, 0.3) is 0 Å². The maximum atomic E-state index is 13.6. The average molecular weight is 428 g/mol. The number of sulfonamides is 1. The highest BCUT2D eigenvalue weighted by Crippen LogP contribution is 2.63. The first kappa shape index (κ1) is 21.1. The standard InChI is InChI=1S/C20H33N3O5S/c1-28-14-17(24)21-11-7-19(8-12-21)5-6-20(18(25)22-9-3-4-10-22)15-23(13-16(19)20)29(2,26)27/h16H,3-15H2,1-2H3/t16-,20+/m0/s1. The van der Waals surface area contributed by atoms with Gasteiger partial charge in [-0.25, -0.2) is 12.7 Å². The lowest BCUT2D eigenvalue weighted by molar-refractivity contribution is -0.144. The van der Waals surface area contributed by atoms with Gasteiger partial charge in [-0.2, -0.15) is 0 Å². The molecule has 0 aromatic heterocycles. The minimum absolute atomic E-state index is 0.00365. The molecule has 3 saturated heterocycles. The summed E-state index contributed by atoms with van der Waals surface area (Å²) in [6.07, 6.45) is 6.68. The third-order valence-electron chi connectivity index (χ3n) is 7.99. The summed E-state index contributed by atoms with van der Waals surface area (Å²) in [6.45, 7) is 3.74. The zero-order chi connectivity index (χ0) is 20.9. The second-order valence-electron chi connectivity index (χ2n) is 9.44. The van der Waals surface area contributed by atoms with Gasteiger partial charge in [-0.1, -0.05) is 0 Å².